The quantitative estimate of drug-likeness (QED) is 0.463. The molecule has 1 heterocycles. The molecular weight excluding hydrogens is 394 g/mol. The number of methoxy groups -OCH3 is 1. The van der Waals surface area contributed by atoms with Crippen molar-refractivity contribution >= 4 is 5.91 Å². The summed E-state index contributed by atoms with van der Waals surface area (Å²) in [5.41, 5.74) is 2.17. The van der Waals surface area contributed by atoms with Gasteiger partial charge in [-0.3, -0.25) is 4.79 Å². The Morgan fingerprint density at radius 2 is 1.65 bits per heavy atom. The van der Waals surface area contributed by atoms with E-state index in [1.165, 1.54) is 0 Å². The molecule has 0 unspecified atom stereocenters. The second-order valence-electron chi connectivity index (χ2n) is 6.67. The maximum absolute atomic E-state index is 12.7. The smallest absolute Gasteiger partial charge is 0.264 e. The van der Waals surface area contributed by atoms with Gasteiger partial charge in [-0.15, -0.1) is 0 Å². The van der Waals surface area contributed by atoms with Crippen molar-refractivity contribution < 1.29 is 18.8 Å². The lowest BCUT2D eigenvalue weighted by Crippen LogP contribution is -2.23. The molecule has 1 aromatic heterocycles. The van der Waals surface area contributed by atoms with Gasteiger partial charge >= 0.3 is 0 Å². The number of hydrogen-bond donors (Lipinski definition) is 1. The molecule has 3 aromatic carbocycles. The first kappa shape index (κ1) is 20.2. The molecule has 0 fully saturated rings. The lowest BCUT2D eigenvalue weighted by Gasteiger charge is -2.10. The van der Waals surface area contributed by atoms with Gasteiger partial charge in [0.15, 0.2) is 6.61 Å². The van der Waals surface area contributed by atoms with Gasteiger partial charge in [-0.25, -0.2) is 0 Å². The molecule has 156 valence electrons. The van der Waals surface area contributed by atoms with E-state index < -0.39 is 0 Å². The fourth-order valence-electron chi connectivity index (χ4n) is 3.05. The molecule has 1 amide bonds. The van der Waals surface area contributed by atoms with E-state index in [2.05, 4.69) is 15.5 Å². The molecule has 0 radical (unpaired) electrons. The maximum atomic E-state index is 12.7. The monoisotopic (exact) mass is 415 g/mol. The van der Waals surface area contributed by atoms with Gasteiger partial charge in [0, 0.05) is 6.54 Å². The molecule has 7 nitrogen and oxygen atoms in total. The summed E-state index contributed by atoms with van der Waals surface area (Å²) in [6.45, 7) is 0.463. The Kier molecular flexibility index (Phi) is 6.23. The fourth-order valence-corrected chi connectivity index (χ4v) is 3.05. The topological polar surface area (TPSA) is 86.5 Å². The molecule has 4 rings (SSSR count). The second-order valence-corrected chi connectivity index (χ2v) is 6.67. The number of aromatic nitrogens is 2. The van der Waals surface area contributed by atoms with Gasteiger partial charge in [0.25, 0.3) is 11.8 Å². The average molecular weight is 415 g/mol. The number of nitrogens with one attached hydrogen (secondary N) is 1. The van der Waals surface area contributed by atoms with Crippen molar-refractivity contribution in [2.45, 2.75) is 13.2 Å². The van der Waals surface area contributed by atoms with Crippen molar-refractivity contribution in [3.8, 4) is 22.9 Å². The summed E-state index contributed by atoms with van der Waals surface area (Å²) in [5.74, 6) is 1.56. The van der Waals surface area contributed by atoms with Crippen molar-refractivity contribution in [1.29, 1.82) is 0 Å². The van der Waals surface area contributed by atoms with Crippen LogP contribution in [0.5, 0.6) is 11.5 Å². The summed E-state index contributed by atoms with van der Waals surface area (Å²) >= 11 is 0. The lowest BCUT2D eigenvalue weighted by molar-refractivity contribution is 0.0945. The highest BCUT2D eigenvalue weighted by atomic mass is 16.5. The summed E-state index contributed by atoms with van der Waals surface area (Å²) < 4.78 is 16.5. The number of carbonyl (C=O) groups is 1. The number of ether oxygens (including phenoxy) is 2. The van der Waals surface area contributed by atoms with Crippen molar-refractivity contribution in [3.63, 3.8) is 0 Å². The number of hydrogen-bond acceptors (Lipinski definition) is 6. The van der Waals surface area contributed by atoms with Crippen LogP contribution in [-0.2, 0) is 13.2 Å². The summed E-state index contributed by atoms with van der Waals surface area (Å²) in [7, 11) is 1.59. The normalized spacial score (nSPS) is 10.5. The number of nitrogens with zero attached hydrogens (tertiary/aromatic N) is 2. The Hall–Kier alpha value is -4.13. The van der Waals surface area contributed by atoms with Crippen LogP contribution in [0.2, 0.25) is 0 Å². The number of rotatable bonds is 8. The predicted molar refractivity (Wildman–Crippen MR) is 115 cm³/mol. The third kappa shape index (κ3) is 4.90. The number of carbonyl (C=O) groups excluding carboxylic acids is 1. The molecule has 0 bridgehead atoms. The van der Waals surface area contributed by atoms with Crippen LogP contribution in [0.25, 0.3) is 11.4 Å². The minimum Gasteiger partial charge on any atom is -0.496 e. The predicted octanol–water partition coefficient (Wildman–Crippen LogP) is 4.25. The van der Waals surface area contributed by atoms with Gasteiger partial charge in [0.1, 0.15) is 11.5 Å². The maximum Gasteiger partial charge on any atom is 0.264 e. The first-order chi connectivity index (χ1) is 15.2. The van der Waals surface area contributed by atoms with E-state index in [0.29, 0.717) is 35.3 Å². The molecule has 4 aromatic rings. The minimum absolute atomic E-state index is 0.0329. The van der Waals surface area contributed by atoms with Crippen LogP contribution in [0.1, 0.15) is 21.8 Å². The molecule has 0 saturated carbocycles. The molecule has 0 aliphatic carbocycles. The summed E-state index contributed by atoms with van der Waals surface area (Å²) in [6, 6.07) is 24.2. The molecule has 0 aliphatic rings. The van der Waals surface area contributed by atoms with Gasteiger partial charge in [0.2, 0.25) is 5.82 Å². The van der Waals surface area contributed by atoms with Gasteiger partial charge in [-0.1, -0.05) is 59.8 Å². The molecule has 0 atom stereocenters. The van der Waals surface area contributed by atoms with Gasteiger partial charge in [-0.05, 0) is 29.8 Å². The highest BCUT2D eigenvalue weighted by molar-refractivity contribution is 5.96. The van der Waals surface area contributed by atoms with Crippen molar-refractivity contribution in [2.24, 2.45) is 0 Å². The van der Waals surface area contributed by atoms with Crippen LogP contribution in [0, 0.1) is 0 Å². The van der Waals surface area contributed by atoms with Crippen molar-refractivity contribution in [2.75, 3.05) is 7.11 Å². The van der Waals surface area contributed by atoms with Crippen LogP contribution >= 0.6 is 0 Å². The van der Waals surface area contributed by atoms with E-state index in [4.69, 9.17) is 14.0 Å². The SMILES string of the molecule is COc1ccccc1-c1noc(COc2ccccc2C(=O)NCc2ccccc2)n1. The first-order valence-electron chi connectivity index (χ1n) is 9.74. The van der Waals surface area contributed by atoms with Crippen LogP contribution in [0.15, 0.2) is 83.4 Å². The number of amides is 1. The molecule has 0 saturated heterocycles. The van der Waals surface area contributed by atoms with Crippen LogP contribution in [-0.4, -0.2) is 23.2 Å². The third-order valence-corrected chi connectivity index (χ3v) is 4.59. The van der Waals surface area contributed by atoms with E-state index in [-0.39, 0.29) is 12.5 Å². The Labute approximate surface area is 179 Å². The van der Waals surface area contributed by atoms with Gasteiger partial charge in [-0.2, -0.15) is 4.98 Å². The standard InChI is InChI=1S/C24H21N3O4/c1-29-20-13-7-5-11-18(20)23-26-22(31-27-23)16-30-21-14-8-6-12-19(21)24(28)25-15-17-9-3-2-4-10-17/h2-14H,15-16H2,1H3,(H,25,28). The van der Waals surface area contributed by atoms with Crippen LogP contribution < -0.4 is 14.8 Å². The number of para-hydroxylation sites is 2. The lowest BCUT2D eigenvalue weighted by atomic mass is 10.1. The zero-order valence-electron chi connectivity index (χ0n) is 16.9. The molecule has 7 heteroatoms. The Balaban J connectivity index is 1.43. The van der Waals surface area contributed by atoms with E-state index in [9.17, 15) is 4.79 Å². The molecule has 1 N–H and O–H groups in total. The highest BCUT2D eigenvalue weighted by Gasteiger charge is 2.16. The Morgan fingerprint density at radius 1 is 0.935 bits per heavy atom. The molecule has 31 heavy (non-hydrogen) atoms. The number of benzene rings is 3. The first-order valence-corrected chi connectivity index (χ1v) is 9.74. The van der Waals surface area contributed by atoms with Crippen molar-refractivity contribution in [3.05, 3.63) is 95.9 Å². The van der Waals surface area contributed by atoms with E-state index in [0.717, 1.165) is 11.1 Å². The zero-order chi connectivity index (χ0) is 21.5. The van der Waals surface area contributed by atoms with Crippen LogP contribution in [0.3, 0.4) is 0 Å². The summed E-state index contributed by atoms with van der Waals surface area (Å²) in [6.07, 6.45) is 0. The largest absolute Gasteiger partial charge is 0.496 e. The fraction of sp³-hybridized carbons (Fsp3) is 0.125. The average Bonchev–Trinajstić information content (AvgIpc) is 3.31. The van der Waals surface area contributed by atoms with Crippen LogP contribution in [0.4, 0.5) is 0 Å². The highest BCUT2D eigenvalue weighted by Crippen LogP contribution is 2.27. The van der Waals surface area contributed by atoms with Gasteiger partial charge in [0.05, 0.1) is 18.2 Å². The molecule has 0 spiro atoms. The van der Waals surface area contributed by atoms with E-state index in [1.807, 2.05) is 54.6 Å². The summed E-state index contributed by atoms with van der Waals surface area (Å²) in [4.78, 5) is 17.0. The second kappa shape index (κ2) is 9.58. The van der Waals surface area contributed by atoms with Crippen molar-refractivity contribution in [1.82, 2.24) is 15.5 Å². The summed E-state index contributed by atoms with van der Waals surface area (Å²) in [5, 5.41) is 6.91. The van der Waals surface area contributed by atoms with Gasteiger partial charge < -0.3 is 19.3 Å². The Bertz CT molecular complexity index is 1160. The minimum atomic E-state index is -0.223. The molecule has 0 aliphatic heterocycles. The van der Waals surface area contributed by atoms with E-state index >= 15 is 0 Å². The van der Waals surface area contributed by atoms with E-state index in [1.54, 1.807) is 31.4 Å². The molecular formula is C24H21N3O4. The zero-order valence-corrected chi connectivity index (χ0v) is 16.9. The third-order valence-electron chi connectivity index (χ3n) is 4.59. The Morgan fingerprint density at radius 3 is 2.45 bits per heavy atom.